The molecular formula is C12H17NO3. The van der Waals surface area contributed by atoms with Crippen molar-refractivity contribution >= 4 is 5.97 Å². The molecule has 0 radical (unpaired) electrons. The van der Waals surface area contributed by atoms with Crippen LogP contribution >= 0.6 is 0 Å². The zero-order valence-corrected chi connectivity index (χ0v) is 9.21. The third-order valence-corrected chi connectivity index (χ3v) is 2.68. The van der Waals surface area contributed by atoms with E-state index in [-0.39, 0.29) is 0 Å². The number of carbonyl (C=O) groups is 1. The van der Waals surface area contributed by atoms with E-state index in [4.69, 9.17) is 10.8 Å². The van der Waals surface area contributed by atoms with E-state index >= 15 is 0 Å². The van der Waals surface area contributed by atoms with Crippen molar-refractivity contribution in [3.05, 3.63) is 35.9 Å². The minimum Gasteiger partial charge on any atom is -0.480 e. The molecular weight excluding hydrogens is 206 g/mol. The maximum Gasteiger partial charge on any atom is 0.320 e. The highest BCUT2D eigenvalue weighted by Gasteiger charge is 2.28. The van der Waals surface area contributed by atoms with Crippen LogP contribution in [-0.4, -0.2) is 28.3 Å². The fourth-order valence-corrected chi connectivity index (χ4v) is 1.67. The van der Waals surface area contributed by atoms with E-state index in [2.05, 4.69) is 0 Å². The number of hydrogen-bond donors (Lipinski definition) is 3. The monoisotopic (exact) mass is 223 g/mol. The van der Waals surface area contributed by atoms with Gasteiger partial charge in [0.15, 0.2) is 0 Å². The van der Waals surface area contributed by atoms with Crippen LogP contribution in [0.1, 0.15) is 12.5 Å². The maximum atomic E-state index is 10.8. The molecule has 0 saturated heterocycles. The molecule has 0 aliphatic rings. The summed E-state index contributed by atoms with van der Waals surface area (Å²) in [6.45, 7) is 1.57. The lowest BCUT2D eigenvalue weighted by Crippen LogP contribution is -2.44. The Labute approximate surface area is 94.7 Å². The second-order valence-corrected chi connectivity index (χ2v) is 3.96. The largest absolute Gasteiger partial charge is 0.480 e. The molecule has 0 saturated carbocycles. The summed E-state index contributed by atoms with van der Waals surface area (Å²) in [5, 5.41) is 18.4. The fraction of sp³-hybridized carbons (Fsp3) is 0.417. The topological polar surface area (TPSA) is 83.5 Å². The molecule has 3 atom stereocenters. The summed E-state index contributed by atoms with van der Waals surface area (Å²) in [7, 11) is 0. The van der Waals surface area contributed by atoms with Crippen molar-refractivity contribution < 1.29 is 15.0 Å². The van der Waals surface area contributed by atoms with Gasteiger partial charge in [0.1, 0.15) is 6.04 Å². The summed E-state index contributed by atoms with van der Waals surface area (Å²) >= 11 is 0. The quantitative estimate of drug-likeness (QED) is 0.684. The molecule has 1 aromatic carbocycles. The lowest BCUT2D eigenvalue weighted by molar-refractivity contribution is -0.141. The summed E-state index contributed by atoms with van der Waals surface area (Å²) in [5.41, 5.74) is 6.53. The number of aliphatic hydroxyl groups excluding tert-OH is 1. The fourth-order valence-electron chi connectivity index (χ4n) is 1.67. The Bertz CT molecular complexity index is 337. The van der Waals surface area contributed by atoms with Crippen molar-refractivity contribution in [3.8, 4) is 0 Å². The first-order valence-electron chi connectivity index (χ1n) is 5.22. The first-order chi connectivity index (χ1) is 7.52. The third-order valence-electron chi connectivity index (χ3n) is 2.68. The zero-order chi connectivity index (χ0) is 12.1. The van der Waals surface area contributed by atoms with Gasteiger partial charge in [-0.05, 0) is 18.9 Å². The first kappa shape index (κ1) is 12.7. The Morgan fingerprint density at radius 1 is 1.38 bits per heavy atom. The highest BCUT2D eigenvalue weighted by atomic mass is 16.4. The highest BCUT2D eigenvalue weighted by molar-refractivity contribution is 5.73. The smallest absolute Gasteiger partial charge is 0.320 e. The SMILES string of the molecule is CC(O)[C@@H](Cc1ccccc1)C(N)C(=O)O. The average Bonchev–Trinajstić information content (AvgIpc) is 2.26. The van der Waals surface area contributed by atoms with Crippen LogP contribution in [0.15, 0.2) is 30.3 Å². The number of rotatable bonds is 5. The predicted octanol–water partition coefficient (Wildman–Crippen LogP) is 0.638. The molecule has 1 aromatic rings. The van der Waals surface area contributed by atoms with Crippen molar-refractivity contribution in [2.75, 3.05) is 0 Å². The number of aliphatic hydroxyl groups is 1. The van der Waals surface area contributed by atoms with Crippen LogP contribution in [-0.2, 0) is 11.2 Å². The number of benzene rings is 1. The second-order valence-electron chi connectivity index (χ2n) is 3.96. The molecule has 0 aliphatic heterocycles. The molecule has 0 heterocycles. The van der Waals surface area contributed by atoms with Gasteiger partial charge in [-0.15, -0.1) is 0 Å². The molecule has 0 spiro atoms. The van der Waals surface area contributed by atoms with Crippen LogP contribution in [0.2, 0.25) is 0 Å². The van der Waals surface area contributed by atoms with Crippen molar-refractivity contribution in [1.82, 2.24) is 0 Å². The van der Waals surface area contributed by atoms with Crippen molar-refractivity contribution in [2.45, 2.75) is 25.5 Å². The molecule has 88 valence electrons. The van der Waals surface area contributed by atoms with Gasteiger partial charge in [0, 0.05) is 5.92 Å². The van der Waals surface area contributed by atoms with Gasteiger partial charge in [0.05, 0.1) is 6.10 Å². The lowest BCUT2D eigenvalue weighted by Gasteiger charge is -2.23. The number of aliphatic carboxylic acids is 1. The van der Waals surface area contributed by atoms with Crippen LogP contribution in [0.5, 0.6) is 0 Å². The van der Waals surface area contributed by atoms with Gasteiger partial charge in [-0.3, -0.25) is 4.79 Å². The van der Waals surface area contributed by atoms with E-state index in [1.165, 1.54) is 0 Å². The molecule has 0 fully saturated rings. The molecule has 0 aliphatic carbocycles. The Kier molecular flexibility index (Phi) is 4.46. The van der Waals surface area contributed by atoms with Gasteiger partial charge < -0.3 is 15.9 Å². The van der Waals surface area contributed by atoms with Gasteiger partial charge in [-0.25, -0.2) is 0 Å². The van der Waals surface area contributed by atoms with Gasteiger partial charge in [0.25, 0.3) is 0 Å². The van der Waals surface area contributed by atoms with Crippen molar-refractivity contribution in [2.24, 2.45) is 11.7 Å². The summed E-state index contributed by atoms with van der Waals surface area (Å²) in [6.07, 6.45) is -0.280. The van der Waals surface area contributed by atoms with E-state index in [0.29, 0.717) is 6.42 Å². The van der Waals surface area contributed by atoms with Crippen LogP contribution in [0.25, 0.3) is 0 Å². The number of carboxylic acid groups (broad SMARTS) is 1. The molecule has 16 heavy (non-hydrogen) atoms. The number of hydrogen-bond acceptors (Lipinski definition) is 3. The summed E-state index contributed by atoms with van der Waals surface area (Å²) < 4.78 is 0. The van der Waals surface area contributed by atoms with E-state index < -0.39 is 24.0 Å². The van der Waals surface area contributed by atoms with Gasteiger partial charge in [-0.1, -0.05) is 30.3 Å². The zero-order valence-electron chi connectivity index (χ0n) is 9.21. The minimum absolute atomic E-state index is 0.464. The average molecular weight is 223 g/mol. The predicted molar refractivity (Wildman–Crippen MR) is 60.9 cm³/mol. The molecule has 4 nitrogen and oxygen atoms in total. The maximum absolute atomic E-state index is 10.8. The molecule has 1 rings (SSSR count). The molecule has 2 unspecified atom stereocenters. The van der Waals surface area contributed by atoms with Crippen LogP contribution in [0.3, 0.4) is 0 Å². The van der Waals surface area contributed by atoms with Gasteiger partial charge >= 0.3 is 5.97 Å². The highest BCUT2D eigenvalue weighted by Crippen LogP contribution is 2.15. The molecule has 0 aromatic heterocycles. The van der Waals surface area contributed by atoms with E-state index in [0.717, 1.165) is 5.56 Å². The summed E-state index contributed by atoms with van der Waals surface area (Å²) in [5.74, 6) is -1.55. The van der Waals surface area contributed by atoms with Crippen LogP contribution < -0.4 is 5.73 Å². The third kappa shape index (κ3) is 3.32. The Hall–Kier alpha value is -1.39. The Balaban J connectivity index is 2.77. The van der Waals surface area contributed by atoms with E-state index in [1.807, 2.05) is 30.3 Å². The standard InChI is InChI=1S/C12H17NO3/c1-8(14)10(11(13)12(15)16)7-9-5-3-2-4-6-9/h2-6,8,10-11,14H,7,13H2,1H3,(H,15,16)/t8?,10-,11?/m1/s1. The van der Waals surface area contributed by atoms with Gasteiger partial charge in [0.2, 0.25) is 0 Å². The summed E-state index contributed by atoms with van der Waals surface area (Å²) in [6, 6.07) is 8.38. The van der Waals surface area contributed by atoms with Gasteiger partial charge in [-0.2, -0.15) is 0 Å². The van der Waals surface area contributed by atoms with Crippen LogP contribution in [0.4, 0.5) is 0 Å². The Morgan fingerprint density at radius 3 is 2.38 bits per heavy atom. The molecule has 0 amide bonds. The first-order valence-corrected chi connectivity index (χ1v) is 5.22. The molecule has 4 heteroatoms. The van der Waals surface area contributed by atoms with Crippen LogP contribution in [0, 0.1) is 5.92 Å². The lowest BCUT2D eigenvalue weighted by atomic mass is 9.88. The minimum atomic E-state index is -1.08. The second kappa shape index (κ2) is 5.63. The van der Waals surface area contributed by atoms with E-state index in [9.17, 15) is 9.90 Å². The normalized spacial score (nSPS) is 16.4. The molecule has 4 N–H and O–H groups in total. The van der Waals surface area contributed by atoms with Crippen molar-refractivity contribution in [1.29, 1.82) is 0 Å². The Morgan fingerprint density at radius 2 is 1.94 bits per heavy atom. The van der Waals surface area contributed by atoms with E-state index in [1.54, 1.807) is 6.92 Å². The summed E-state index contributed by atoms with van der Waals surface area (Å²) in [4.78, 5) is 10.8. The number of nitrogens with two attached hydrogens (primary N) is 1. The molecule has 0 bridgehead atoms. The number of carboxylic acids is 1. The van der Waals surface area contributed by atoms with Crippen molar-refractivity contribution in [3.63, 3.8) is 0 Å².